The Labute approximate surface area is 98.8 Å². The lowest BCUT2D eigenvalue weighted by Crippen LogP contribution is -2.30. The van der Waals surface area contributed by atoms with Gasteiger partial charge in [0, 0.05) is 4.90 Å². The summed E-state index contributed by atoms with van der Waals surface area (Å²) in [5.41, 5.74) is 0.835. The molecule has 1 atom stereocenters. The predicted octanol–water partition coefficient (Wildman–Crippen LogP) is 2.24. The lowest BCUT2D eigenvalue weighted by atomic mass is 10.1. The fourth-order valence-electron chi connectivity index (χ4n) is 1.57. The van der Waals surface area contributed by atoms with Crippen LogP contribution in [0, 0.1) is 5.82 Å². The van der Waals surface area contributed by atoms with Crippen LogP contribution in [0.15, 0.2) is 23.1 Å². The first-order valence-corrected chi connectivity index (χ1v) is 6.24. The molecule has 0 amide bonds. The summed E-state index contributed by atoms with van der Waals surface area (Å²) < 4.78 is 18.7. The predicted molar refractivity (Wildman–Crippen MR) is 62.2 cm³/mol. The number of rotatable bonds is 4. The van der Waals surface area contributed by atoms with Gasteiger partial charge >= 0.3 is 0 Å². The molecule has 16 heavy (non-hydrogen) atoms. The van der Waals surface area contributed by atoms with Crippen molar-refractivity contribution >= 4 is 11.8 Å². The second-order valence-electron chi connectivity index (χ2n) is 4.10. The van der Waals surface area contributed by atoms with Crippen LogP contribution in [0.25, 0.3) is 0 Å². The van der Waals surface area contributed by atoms with Gasteiger partial charge in [-0.1, -0.05) is 6.07 Å². The summed E-state index contributed by atoms with van der Waals surface area (Å²) in [7, 11) is 0. The number of halogens is 1. The van der Waals surface area contributed by atoms with E-state index in [1.807, 2.05) is 6.07 Å². The molecular formula is C12H15FO2S. The standard InChI is InChI=1S/C12H15FO2S/c1-8(14)4-9-2-3-12(11(13)5-9)16-10-6-15-7-10/h2-3,5,8,10,14H,4,6-7H2,1H3. The highest BCUT2D eigenvalue weighted by molar-refractivity contribution is 8.00. The van der Waals surface area contributed by atoms with Crippen molar-refractivity contribution in [2.45, 2.75) is 29.6 Å². The van der Waals surface area contributed by atoms with Crippen molar-refractivity contribution in [3.8, 4) is 0 Å². The summed E-state index contributed by atoms with van der Waals surface area (Å²) in [6.45, 7) is 3.12. The Morgan fingerprint density at radius 2 is 2.31 bits per heavy atom. The van der Waals surface area contributed by atoms with Crippen LogP contribution in [-0.2, 0) is 11.2 Å². The molecule has 4 heteroatoms. The van der Waals surface area contributed by atoms with Crippen LogP contribution in [0.5, 0.6) is 0 Å². The minimum atomic E-state index is -0.432. The molecule has 1 aliphatic heterocycles. The van der Waals surface area contributed by atoms with Crippen LogP contribution in [0.3, 0.4) is 0 Å². The van der Waals surface area contributed by atoms with E-state index in [0.29, 0.717) is 29.8 Å². The summed E-state index contributed by atoms with van der Waals surface area (Å²) >= 11 is 1.52. The molecule has 0 saturated carbocycles. The van der Waals surface area contributed by atoms with Crippen molar-refractivity contribution in [1.29, 1.82) is 0 Å². The van der Waals surface area contributed by atoms with Gasteiger partial charge in [0.05, 0.1) is 24.6 Å². The molecule has 0 radical (unpaired) electrons. The summed E-state index contributed by atoms with van der Waals surface area (Å²) in [5.74, 6) is -0.199. The summed E-state index contributed by atoms with van der Waals surface area (Å²) in [5, 5.41) is 9.60. The molecule has 88 valence electrons. The quantitative estimate of drug-likeness (QED) is 0.878. The third-order valence-electron chi connectivity index (χ3n) is 2.43. The minimum Gasteiger partial charge on any atom is -0.393 e. The van der Waals surface area contributed by atoms with Gasteiger partial charge in [0.15, 0.2) is 0 Å². The Balaban J connectivity index is 2.03. The SMILES string of the molecule is CC(O)Cc1ccc(SC2COC2)c(F)c1. The second kappa shape index (κ2) is 5.17. The van der Waals surface area contributed by atoms with Crippen LogP contribution in [0.4, 0.5) is 4.39 Å². The van der Waals surface area contributed by atoms with Gasteiger partial charge in [0.2, 0.25) is 0 Å². The van der Waals surface area contributed by atoms with E-state index in [9.17, 15) is 9.50 Å². The molecule has 1 saturated heterocycles. The summed E-state index contributed by atoms with van der Waals surface area (Å²) in [6.07, 6.45) is 0.0620. The van der Waals surface area contributed by atoms with Crippen LogP contribution in [0.2, 0.25) is 0 Å². The largest absolute Gasteiger partial charge is 0.393 e. The molecule has 1 unspecified atom stereocenters. The van der Waals surface area contributed by atoms with Crippen molar-refractivity contribution in [3.05, 3.63) is 29.6 Å². The van der Waals surface area contributed by atoms with Gasteiger partial charge in [0.25, 0.3) is 0 Å². The second-order valence-corrected chi connectivity index (χ2v) is 5.44. The zero-order chi connectivity index (χ0) is 11.5. The van der Waals surface area contributed by atoms with Crippen molar-refractivity contribution in [2.24, 2.45) is 0 Å². The van der Waals surface area contributed by atoms with Crippen LogP contribution >= 0.6 is 11.8 Å². The average Bonchev–Trinajstić information content (AvgIpc) is 2.12. The van der Waals surface area contributed by atoms with E-state index in [1.54, 1.807) is 13.0 Å². The highest BCUT2D eigenvalue weighted by Gasteiger charge is 2.21. The van der Waals surface area contributed by atoms with E-state index in [0.717, 1.165) is 5.56 Å². The molecule has 2 rings (SSSR count). The van der Waals surface area contributed by atoms with Gasteiger partial charge in [-0.2, -0.15) is 0 Å². The van der Waals surface area contributed by atoms with Crippen LogP contribution in [-0.4, -0.2) is 29.7 Å². The van der Waals surface area contributed by atoms with Crippen molar-refractivity contribution in [3.63, 3.8) is 0 Å². The first-order chi connectivity index (χ1) is 7.65. The van der Waals surface area contributed by atoms with E-state index in [2.05, 4.69) is 0 Å². The van der Waals surface area contributed by atoms with E-state index in [-0.39, 0.29) is 5.82 Å². The zero-order valence-corrected chi connectivity index (χ0v) is 9.97. The maximum atomic E-state index is 13.7. The molecule has 2 nitrogen and oxygen atoms in total. The number of thioether (sulfide) groups is 1. The van der Waals surface area contributed by atoms with Gasteiger partial charge < -0.3 is 9.84 Å². The van der Waals surface area contributed by atoms with Crippen molar-refractivity contribution in [2.75, 3.05) is 13.2 Å². The number of hydrogen-bond donors (Lipinski definition) is 1. The monoisotopic (exact) mass is 242 g/mol. The van der Waals surface area contributed by atoms with Crippen molar-refractivity contribution < 1.29 is 14.2 Å². The first-order valence-electron chi connectivity index (χ1n) is 5.36. The van der Waals surface area contributed by atoms with Crippen molar-refractivity contribution in [1.82, 2.24) is 0 Å². The van der Waals surface area contributed by atoms with Gasteiger partial charge in [0.1, 0.15) is 5.82 Å². The maximum Gasteiger partial charge on any atom is 0.137 e. The molecule has 0 spiro atoms. The third kappa shape index (κ3) is 2.97. The number of hydrogen-bond acceptors (Lipinski definition) is 3. The molecule has 0 aliphatic carbocycles. The van der Waals surface area contributed by atoms with Gasteiger partial charge in [-0.3, -0.25) is 0 Å². The maximum absolute atomic E-state index is 13.7. The molecule has 1 N–H and O–H groups in total. The highest BCUT2D eigenvalue weighted by Crippen LogP contribution is 2.30. The smallest absolute Gasteiger partial charge is 0.137 e. The molecular weight excluding hydrogens is 227 g/mol. The highest BCUT2D eigenvalue weighted by atomic mass is 32.2. The molecule has 1 aromatic carbocycles. The molecule has 1 fully saturated rings. The fraction of sp³-hybridized carbons (Fsp3) is 0.500. The third-order valence-corrected chi connectivity index (χ3v) is 3.62. The summed E-state index contributed by atoms with van der Waals surface area (Å²) in [4.78, 5) is 0.669. The Bertz CT molecular complexity index is 364. The minimum absolute atomic E-state index is 0.199. The number of aliphatic hydroxyl groups excluding tert-OH is 1. The molecule has 0 bridgehead atoms. The number of aliphatic hydroxyl groups is 1. The Hall–Kier alpha value is -0.580. The van der Waals surface area contributed by atoms with Crippen LogP contribution < -0.4 is 0 Å². The Kier molecular flexibility index (Phi) is 3.84. The number of ether oxygens (including phenoxy) is 1. The lowest BCUT2D eigenvalue weighted by Gasteiger charge is -2.25. The normalized spacial score (nSPS) is 18.2. The molecule has 1 aromatic rings. The Morgan fingerprint density at radius 1 is 1.56 bits per heavy atom. The van der Waals surface area contributed by atoms with Gasteiger partial charge in [-0.25, -0.2) is 4.39 Å². The molecule has 1 aliphatic rings. The number of benzene rings is 1. The molecule has 1 heterocycles. The average molecular weight is 242 g/mol. The van der Waals surface area contributed by atoms with Gasteiger partial charge in [-0.05, 0) is 31.0 Å². The first kappa shape index (κ1) is 11.9. The summed E-state index contributed by atoms with van der Waals surface area (Å²) in [6, 6.07) is 5.17. The lowest BCUT2D eigenvalue weighted by molar-refractivity contribution is 0.0455. The van der Waals surface area contributed by atoms with Crippen LogP contribution in [0.1, 0.15) is 12.5 Å². The topological polar surface area (TPSA) is 29.5 Å². The van der Waals surface area contributed by atoms with E-state index < -0.39 is 6.10 Å². The van der Waals surface area contributed by atoms with E-state index in [4.69, 9.17) is 4.74 Å². The molecule has 0 aromatic heterocycles. The van der Waals surface area contributed by atoms with Gasteiger partial charge in [-0.15, -0.1) is 11.8 Å². The zero-order valence-electron chi connectivity index (χ0n) is 9.15. The van der Waals surface area contributed by atoms with E-state index >= 15 is 0 Å². The van der Waals surface area contributed by atoms with E-state index in [1.165, 1.54) is 17.8 Å². The Morgan fingerprint density at radius 3 is 2.81 bits per heavy atom. The fourth-order valence-corrected chi connectivity index (χ4v) is 2.58.